The average molecular weight is 220 g/mol. The summed E-state index contributed by atoms with van der Waals surface area (Å²) in [7, 11) is 0. The van der Waals surface area contributed by atoms with Gasteiger partial charge in [-0.15, -0.1) is 0 Å². The van der Waals surface area contributed by atoms with Crippen molar-refractivity contribution in [3.63, 3.8) is 0 Å². The number of rotatable bonds is 4. The van der Waals surface area contributed by atoms with Gasteiger partial charge >= 0.3 is 0 Å². The number of nitro groups is 1. The SMILES string of the molecule is Cc1ccc([N+](=O)[O-])c(C2(CCN)CC2)c1. The highest BCUT2D eigenvalue weighted by atomic mass is 16.6. The van der Waals surface area contributed by atoms with Crippen molar-refractivity contribution in [2.75, 3.05) is 6.54 Å². The van der Waals surface area contributed by atoms with Crippen LogP contribution in [0, 0.1) is 17.0 Å². The molecule has 0 saturated heterocycles. The van der Waals surface area contributed by atoms with Crippen molar-refractivity contribution in [3.05, 3.63) is 39.4 Å². The van der Waals surface area contributed by atoms with Crippen LogP contribution >= 0.6 is 0 Å². The van der Waals surface area contributed by atoms with Crippen molar-refractivity contribution < 1.29 is 4.92 Å². The van der Waals surface area contributed by atoms with Gasteiger partial charge in [-0.3, -0.25) is 10.1 Å². The Morgan fingerprint density at radius 2 is 2.19 bits per heavy atom. The maximum Gasteiger partial charge on any atom is 0.273 e. The molecule has 1 fully saturated rings. The molecule has 16 heavy (non-hydrogen) atoms. The van der Waals surface area contributed by atoms with Crippen molar-refractivity contribution in [1.82, 2.24) is 0 Å². The minimum absolute atomic E-state index is 0.0107. The molecule has 2 rings (SSSR count). The summed E-state index contributed by atoms with van der Waals surface area (Å²) < 4.78 is 0. The first-order valence-electron chi connectivity index (χ1n) is 5.55. The van der Waals surface area contributed by atoms with Gasteiger partial charge in [-0.1, -0.05) is 11.6 Å². The van der Waals surface area contributed by atoms with E-state index in [4.69, 9.17) is 5.73 Å². The van der Waals surface area contributed by atoms with Crippen LogP contribution in [-0.4, -0.2) is 11.5 Å². The Balaban J connectivity index is 2.46. The lowest BCUT2D eigenvalue weighted by Gasteiger charge is -2.15. The molecule has 0 bridgehead atoms. The second kappa shape index (κ2) is 3.87. The summed E-state index contributed by atoms with van der Waals surface area (Å²) in [6.45, 7) is 2.55. The molecule has 1 aliphatic rings. The lowest BCUT2D eigenvalue weighted by atomic mass is 9.90. The molecule has 1 saturated carbocycles. The van der Waals surface area contributed by atoms with Gasteiger partial charge in [0.05, 0.1) is 4.92 Å². The van der Waals surface area contributed by atoms with Crippen LogP contribution in [-0.2, 0) is 5.41 Å². The van der Waals surface area contributed by atoms with E-state index in [-0.39, 0.29) is 16.0 Å². The summed E-state index contributed by atoms with van der Waals surface area (Å²) in [5.74, 6) is 0. The van der Waals surface area contributed by atoms with Gasteiger partial charge in [0.2, 0.25) is 0 Å². The number of nitro benzene ring substituents is 1. The zero-order valence-corrected chi connectivity index (χ0v) is 9.40. The highest BCUT2D eigenvalue weighted by Crippen LogP contribution is 2.53. The van der Waals surface area contributed by atoms with Gasteiger partial charge in [-0.2, -0.15) is 0 Å². The monoisotopic (exact) mass is 220 g/mol. The van der Waals surface area contributed by atoms with Crippen molar-refractivity contribution in [3.8, 4) is 0 Å². The predicted molar refractivity (Wildman–Crippen MR) is 62.4 cm³/mol. The Hall–Kier alpha value is -1.42. The fraction of sp³-hybridized carbons (Fsp3) is 0.500. The molecule has 0 spiro atoms. The van der Waals surface area contributed by atoms with Crippen LogP contribution in [0.15, 0.2) is 18.2 Å². The molecule has 0 unspecified atom stereocenters. The first-order valence-corrected chi connectivity index (χ1v) is 5.55. The van der Waals surface area contributed by atoms with Crippen LogP contribution in [0.1, 0.15) is 30.4 Å². The quantitative estimate of drug-likeness (QED) is 0.625. The average Bonchev–Trinajstić information content (AvgIpc) is 2.99. The summed E-state index contributed by atoms with van der Waals surface area (Å²) in [5, 5.41) is 11.0. The van der Waals surface area contributed by atoms with E-state index in [9.17, 15) is 10.1 Å². The standard InChI is InChI=1S/C12H16N2O2/c1-9-2-3-11(14(15)16)10(8-9)12(4-5-12)6-7-13/h2-3,8H,4-7,13H2,1H3. The first-order chi connectivity index (χ1) is 7.59. The van der Waals surface area contributed by atoms with E-state index >= 15 is 0 Å². The van der Waals surface area contributed by atoms with Crippen LogP contribution in [0.2, 0.25) is 0 Å². The Kier molecular flexibility index (Phi) is 2.68. The second-order valence-electron chi connectivity index (χ2n) is 4.60. The zero-order valence-electron chi connectivity index (χ0n) is 9.40. The normalized spacial score (nSPS) is 17.1. The van der Waals surface area contributed by atoms with Crippen LogP contribution in [0.4, 0.5) is 5.69 Å². The van der Waals surface area contributed by atoms with Crippen LogP contribution in [0.5, 0.6) is 0 Å². The molecule has 0 radical (unpaired) electrons. The summed E-state index contributed by atoms with van der Waals surface area (Å²) in [6.07, 6.45) is 2.89. The number of nitrogens with two attached hydrogens (primary N) is 1. The maximum absolute atomic E-state index is 11.0. The van der Waals surface area contributed by atoms with E-state index in [1.807, 2.05) is 13.0 Å². The molecule has 0 heterocycles. The molecule has 1 aliphatic carbocycles. The van der Waals surface area contributed by atoms with Crippen LogP contribution in [0.25, 0.3) is 0 Å². The molecule has 0 amide bonds. The van der Waals surface area contributed by atoms with E-state index in [1.165, 1.54) is 0 Å². The Labute approximate surface area is 94.6 Å². The third-order valence-electron chi connectivity index (χ3n) is 3.40. The number of aryl methyl sites for hydroxylation is 1. The number of nitrogens with zero attached hydrogens (tertiary/aromatic N) is 1. The fourth-order valence-corrected chi connectivity index (χ4v) is 2.32. The summed E-state index contributed by atoms with van der Waals surface area (Å²) >= 11 is 0. The van der Waals surface area contributed by atoms with Crippen LogP contribution < -0.4 is 5.73 Å². The molecule has 86 valence electrons. The van der Waals surface area contributed by atoms with Crippen molar-refractivity contribution in [2.24, 2.45) is 5.73 Å². The molecule has 1 aromatic rings. The summed E-state index contributed by atoms with van der Waals surface area (Å²) in [6, 6.07) is 5.35. The number of hydrogen-bond acceptors (Lipinski definition) is 3. The van der Waals surface area contributed by atoms with Gasteiger partial charge in [-0.05, 0) is 38.8 Å². The smallest absolute Gasteiger partial charge is 0.273 e. The van der Waals surface area contributed by atoms with Crippen molar-refractivity contribution in [1.29, 1.82) is 0 Å². The first kappa shape index (κ1) is 11.1. The third kappa shape index (κ3) is 1.80. The van der Waals surface area contributed by atoms with Crippen molar-refractivity contribution >= 4 is 5.69 Å². The Morgan fingerprint density at radius 3 is 2.69 bits per heavy atom. The van der Waals surface area contributed by atoms with Gasteiger partial charge in [0.25, 0.3) is 5.69 Å². The molecular weight excluding hydrogens is 204 g/mol. The second-order valence-corrected chi connectivity index (χ2v) is 4.60. The molecule has 0 aromatic heterocycles. The third-order valence-corrected chi connectivity index (χ3v) is 3.40. The summed E-state index contributed by atoms with van der Waals surface area (Å²) in [4.78, 5) is 10.7. The molecular formula is C12H16N2O2. The molecule has 2 N–H and O–H groups in total. The predicted octanol–water partition coefficient (Wildman–Crippen LogP) is 2.28. The highest BCUT2D eigenvalue weighted by molar-refractivity contribution is 5.50. The molecule has 4 heteroatoms. The topological polar surface area (TPSA) is 69.2 Å². The molecule has 1 aromatic carbocycles. The molecule has 4 nitrogen and oxygen atoms in total. The summed E-state index contributed by atoms with van der Waals surface area (Å²) in [5.41, 5.74) is 7.77. The largest absolute Gasteiger partial charge is 0.330 e. The minimum atomic E-state index is -0.286. The minimum Gasteiger partial charge on any atom is -0.330 e. The number of benzene rings is 1. The van der Waals surface area contributed by atoms with E-state index in [0.717, 1.165) is 30.4 Å². The lowest BCUT2D eigenvalue weighted by molar-refractivity contribution is -0.385. The van der Waals surface area contributed by atoms with Gasteiger partial charge in [0.15, 0.2) is 0 Å². The maximum atomic E-state index is 11.0. The van der Waals surface area contributed by atoms with E-state index in [1.54, 1.807) is 12.1 Å². The highest BCUT2D eigenvalue weighted by Gasteiger charge is 2.47. The van der Waals surface area contributed by atoms with Gasteiger partial charge < -0.3 is 5.73 Å². The van der Waals surface area contributed by atoms with E-state index in [0.29, 0.717) is 6.54 Å². The van der Waals surface area contributed by atoms with Crippen molar-refractivity contribution in [2.45, 2.75) is 31.6 Å². The van der Waals surface area contributed by atoms with Gasteiger partial charge in [0.1, 0.15) is 0 Å². The number of hydrogen-bond donors (Lipinski definition) is 1. The zero-order chi connectivity index (χ0) is 11.8. The Morgan fingerprint density at radius 1 is 1.50 bits per heavy atom. The molecule has 0 aliphatic heterocycles. The Bertz CT molecular complexity index is 425. The van der Waals surface area contributed by atoms with Gasteiger partial charge in [0, 0.05) is 17.0 Å². The fourth-order valence-electron chi connectivity index (χ4n) is 2.32. The van der Waals surface area contributed by atoms with E-state index in [2.05, 4.69) is 0 Å². The van der Waals surface area contributed by atoms with E-state index < -0.39 is 0 Å². The molecule has 0 atom stereocenters. The van der Waals surface area contributed by atoms with Gasteiger partial charge in [-0.25, -0.2) is 0 Å². The lowest BCUT2D eigenvalue weighted by Crippen LogP contribution is -2.15. The van der Waals surface area contributed by atoms with Crippen LogP contribution in [0.3, 0.4) is 0 Å².